The van der Waals surface area contributed by atoms with Crippen LogP contribution in [-0.2, 0) is 0 Å². The van der Waals surface area contributed by atoms with Gasteiger partial charge in [0.2, 0.25) is 0 Å². The minimum atomic E-state index is -0.127. The molecule has 0 aliphatic carbocycles. The summed E-state index contributed by atoms with van der Waals surface area (Å²) in [7, 11) is 0. The van der Waals surface area contributed by atoms with Gasteiger partial charge in [-0.1, -0.05) is 115 Å². The molecule has 13 aromatic rings. The summed E-state index contributed by atoms with van der Waals surface area (Å²) >= 11 is 0. The van der Waals surface area contributed by atoms with Crippen LogP contribution in [0, 0.1) is 27.7 Å². The Labute approximate surface area is 447 Å². The second kappa shape index (κ2) is 17.4. The number of aryl methyl sites for hydroxylation is 4. The highest BCUT2D eigenvalue weighted by atomic mass is 16.5. The first-order chi connectivity index (χ1) is 37.8. The van der Waals surface area contributed by atoms with Crippen molar-refractivity contribution in [2.45, 2.75) is 27.7 Å². The van der Waals surface area contributed by atoms with E-state index in [0.717, 1.165) is 95.9 Å². The number of hydrogen-bond donors (Lipinski definition) is 0. The van der Waals surface area contributed by atoms with Crippen molar-refractivity contribution in [2.24, 2.45) is 0 Å². The number of ether oxygens (including phenoxy) is 2. The molecule has 77 heavy (non-hydrogen) atoms. The molecule has 0 bridgehead atoms. The fourth-order valence-corrected chi connectivity index (χ4v) is 12.2. The molecule has 0 unspecified atom stereocenters. The Hall–Kier alpha value is -9.72. The van der Waals surface area contributed by atoms with Gasteiger partial charge < -0.3 is 28.4 Å². The molecule has 0 fully saturated rings. The first kappa shape index (κ1) is 44.7. The van der Waals surface area contributed by atoms with Crippen molar-refractivity contribution in [2.75, 3.05) is 9.80 Å². The molecule has 6 nitrogen and oxygen atoms in total. The number of hydrogen-bond acceptors (Lipinski definition) is 4. The fraction of sp³-hybridized carbons (Fsp3) is 0.0571. The lowest BCUT2D eigenvalue weighted by atomic mass is 9.35. The van der Waals surface area contributed by atoms with E-state index in [4.69, 9.17) is 9.47 Å². The smallest absolute Gasteiger partial charge is 0.260 e. The zero-order valence-electron chi connectivity index (χ0n) is 43.2. The Kier molecular flexibility index (Phi) is 10.1. The molecule has 7 heteroatoms. The molecule has 0 atom stereocenters. The van der Waals surface area contributed by atoms with Crippen LogP contribution in [0.3, 0.4) is 0 Å². The van der Waals surface area contributed by atoms with E-state index in [1.165, 1.54) is 54.8 Å². The van der Waals surface area contributed by atoms with Crippen molar-refractivity contribution < 1.29 is 9.47 Å². The van der Waals surface area contributed by atoms with Gasteiger partial charge in [0.25, 0.3) is 6.71 Å². The summed E-state index contributed by atoms with van der Waals surface area (Å²) in [5.74, 6) is 3.25. The number of anilines is 6. The Bertz CT molecular complexity index is 4260. The lowest BCUT2D eigenvalue weighted by Crippen LogP contribution is -2.57. The van der Waals surface area contributed by atoms with E-state index in [0.29, 0.717) is 0 Å². The van der Waals surface area contributed by atoms with Crippen LogP contribution < -0.4 is 35.7 Å². The van der Waals surface area contributed by atoms with Gasteiger partial charge in [0.15, 0.2) is 0 Å². The first-order valence-corrected chi connectivity index (χ1v) is 26.5. The zero-order valence-corrected chi connectivity index (χ0v) is 43.2. The van der Waals surface area contributed by atoms with Gasteiger partial charge in [-0.25, -0.2) is 0 Å². The van der Waals surface area contributed by atoms with Crippen molar-refractivity contribution in [3.05, 3.63) is 259 Å². The predicted molar refractivity (Wildman–Crippen MR) is 321 cm³/mol. The van der Waals surface area contributed by atoms with Crippen molar-refractivity contribution >= 4 is 101 Å². The molecule has 0 N–H and O–H groups in total. The minimum Gasteiger partial charge on any atom is -0.458 e. The molecule has 0 saturated carbocycles. The van der Waals surface area contributed by atoms with Crippen LogP contribution in [0.2, 0.25) is 0 Å². The fourth-order valence-electron chi connectivity index (χ4n) is 12.2. The molecule has 15 rings (SSSR count). The molecule has 2 aliphatic rings. The first-order valence-electron chi connectivity index (χ1n) is 26.5. The molecule has 2 aliphatic heterocycles. The maximum Gasteiger partial charge on any atom is 0.260 e. The van der Waals surface area contributed by atoms with Crippen molar-refractivity contribution in [3.63, 3.8) is 0 Å². The van der Waals surface area contributed by atoms with Crippen LogP contribution in [0.5, 0.6) is 23.0 Å². The molecular weight excluding hydrogens is 940 g/mol. The lowest BCUT2D eigenvalue weighted by molar-refractivity contribution is 0.464. The minimum absolute atomic E-state index is 0.127. The van der Waals surface area contributed by atoms with E-state index in [1.807, 2.05) is 6.07 Å². The summed E-state index contributed by atoms with van der Waals surface area (Å²) in [6, 6.07) is 85.7. The number of benzene rings is 11. The van der Waals surface area contributed by atoms with Crippen molar-refractivity contribution in [3.8, 4) is 34.4 Å². The zero-order chi connectivity index (χ0) is 51.5. The molecule has 0 saturated heterocycles. The standard InChI is InChI=1S/C70H51BN4O2/c1-44-26-28-50(38-46(44)3)72(52-30-34-58-56-20-11-13-22-62(56)74(64(58)40-52)48-16-7-5-8-17-48)54-32-36-60-68(42-54)76-66-24-15-25-67-70(66)71(60)61-37-33-55(43-69(61)77-67)73(51-29-27-45(2)47(4)39-51)53-31-35-59-57-21-12-14-23-63(57)75(65(59)41-53)49-18-9-6-10-19-49/h5-43H,1-4H3. The lowest BCUT2D eigenvalue weighted by Gasteiger charge is -2.35. The van der Waals surface area contributed by atoms with E-state index in [1.54, 1.807) is 0 Å². The van der Waals surface area contributed by atoms with Crippen LogP contribution in [0.25, 0.3) is 55.0 Å². The second-order valence-electron chi connectivity index (χ2n) is 20.7. The highest BCUT2D eigenvalue weighted by Crippen LogP contribution is 2.45. The topological polar surface area (TPSA) is 34.8 Å². The maximum absolute atomic E-state index is 7.01. The SMILES string of the molecule is Cc1ccc(N(c2ccc3c(c2)Oc2cccc4c2B3c2ccc(N(c3ccc(C)c(C)c3)c3ccc5c6ccccc6n(-c6ccccc6)c5c3)cc2O4)c2ccc3c4ccccc4n(-c4ccccc4)c3c2)cc1C. The van der Waals surface area contributed by atoms with Gasteiger partial charge in [-0.15, -0.1) is 0 Å². The molecule has 0 amide bonds. The van der Waals surface area contributed by atoms with E-state index < -0.39 is 0 Å². The summed E-state index contributed by atoms with van der Waals surface area (Å²) in [4.78, 5) is 4.74. The van der Waals surface area contributed by atoms with E-state index in [2.05, 4.69) is 277 Å². The van der Waals surface area contributed by atoms with Crippen LogP contribution in [0.15, 0.2) is 237 Å². The maximum atomic E-state index is 7.01. The molecule has 0 spiro atoms. The van der Waals surface area contributed by atoms with E-state index in [9.17, 15) is 0 Å². The average Bonchev–Trinajstić information content (AvgIpc) is 3.98. The largest absolute Gasteiger partial charge is 0.458 e. The summed E-state index contributed by atoms with van der Waals surface area (Å²) in [6.45, 7) is 8.61. The normalized spacial score (nSPS) is 12.3. The second-order valence-corrected chi connectivity index (χ2v) is 20.7. The third-order valence-electron chi connectivity index (χ3n) is 16.2. The molecule has 366 valence electrons. The summed E-state index contributed by atoms with van der Waals surface area (Å²) in [5.41, 5.74) is 21.3. The quantitative estimate of drug-likeness (QED) is 0.142. The summed E-state index contributed by atoms with van der Waals surface area (Å²) < 4.78 is 18.8. The van der Waals surface area contributed by atoms with Gasteiger partial charge in [-0.2, -0.15) is 0 Å². The average molecular weight is 991 g/mol. The van der Waals surface area contributed by atoms with Crippen LogP contribution >= 0.6 is 0 Å². The molecule has 2 aromatic heterocycles. The molecule has 11 aromatic carbocycles. The highest BCUT2D eigenvalue weighted by Gasteiger charge is 2.41. The van der Waals surface area contributed by atoms with Crippen LogP contribution in [-0.4, -0.2) is 15.8 Å². The Morgan fingerprint density at radius 2 is 0.675 bits per heavy atom. The molecule has 0 radical (unpaired) electrons. The van der Waals surface area contributed by atoms with Crippen LogP contribution in [0.1, 0.15) is 22.3 Å². The van der Waals surface area contributed by atoms with Crippen LogP contribution in [0.4, 0.5) is 34.1 Å². The summed E-state index contributed by atoms with van der Waals surface area (Å²) in [5, 5.41) is 4.87. The van der Waals surface area contributed by atoms with Gasteiger partial charge in [0, 0.05) is 84.6 Å². The predicted octanol–water partition coefficient (Wildman–Crippen LogP) is 16.8. The monoisotopic (exact) mass is 990 g/mol. The van der Waals surface area contributed by atoms with Gasteiger partial charge in [0.05, 0.1) is 22.1 Å². The molecular formula is C70H51BN4O2. The number of nitrogens with zero attached hydrogens (tertiary/aromatic N) is 4. The van der Waals surface area contributed by atoms with Crippen molar-refractivity contribution in [1.82, 2.24) is 9.13 Å². The van der Waals surface area contributed by atoms with Crippen molar-refractivity contribution in [1.29, 1.82) is 0 Å². The van der Waals surface area contributed by atoms with E-state index in [-0.39, 0.29) is 6.71 Å². The number of rotatable bonds is 8. The Balaban J connectivity index is 0.872. The van der Waals surface area contributed by atoms with Gasteiger partial charge >= 0.3 is 0 Å². The Morgan fingerprint density at radius 1 is 0.299 bits per heavy atom. The number of para-hydroxylation sites is 4. The Morgan fingerprint density at radius 3 is 1.13 bits per heavy atom. The van der Waals surface area contributed by atoms with Gasteiger partial charge in [-0.3, -0.25) is 0 Å². The summed E-state index contributed by atoms with van der Waals surface area (Å²) in [6.07, 6.45) is 0. The van der Waals surface area contributed by atoms with Gasteiger partial charge in [0.1, 0.15) is 23.0 Å². The number of aromatic nitrogens is 2. The van der Waals surface area contributed by atoms with E-state index >= 15 is 0 Å². The third kappa shape index (κ3) is 7.11. The number of fused-ring (bicyclic) bond motifs is 10. The third-order valence-corrected chi connectivity index (χ3v) is 16.2. The molecule has 4 heterocycles. The van der Waals surface area contributed by atoms with Gasteiger partial charge in [-0.05, 0) is 170 Å². The highest BCUT2D eigenvalue weighted by molar-refractivity contribution is 6.98.